The van der Waals surface area contributed by atoms with Crippen molar-refractivity contribution in [2.24, 2.45) is 0 Å². The van der Waals surface area contributed by atoms with E-state index in [1.54, 1.807) is 19.1 Å². The molecule has 0 aliphatic rings. The molecular weight excluding hydrogens is 430 g/mol. The molecule has 0 bridgehead atoms. The van der Waals surface area contributed by atoms with Gasteiger partial charge in [-0.25, -0.2) is 13.1 Å². The van der Waals surface area contributed by atoms with Crippen LogP contribution < -0.4 is 4.72 Å². The zero-order valence-corrected chi connectivity index (χ0v) is 17.6. The summed E-state index contributed by atoms with van der Waals surface area (Å²) < 4.78 is 89.4. The second-order valence-corrected chi connectivity index (χ2v) is 10.4. The summed E-state index contributed by atoms with van der Waals surface area (Å²) >= 11 is 0. The fourth-order valence-electron chi connectivity index (χ4n) is 2.65. The minimum Gasteiger partial charge on any atom is -0.311 e. The predicted molar refractivity (Wildman–Crippen MR) is 102 cm³/mol. The van der Waals surface area contributed by atoms with Crippen LogP contribution in [0.1, 0.15) is 22.3 Å². The lowest BCUT2D eigenvalue weighted by Crippen LogP contribution is -2.29. The molecule has 1 atom stereocenters. The van der Waals surface area contributed by atoms with Crippen LogP contribution in [0.5, 0.6) is 0 Å². The monoisotopic (exact) mass is 451 g/mol. The van der Waals surface area contributed by atoms with Crippen molar-refractivity contribution in [1.82, 2.24) is 4.72 Å². The summed E-state index contributed by atoms with van der Waals surface area (Å²) in [5, 5.41) is 0. The van der Waals surface area contributed by atoms with Crippen molar-refractivity contribution in [1.29, 1.82) is 0 Å². The molecule has 0 aliphatic heterocycles. The first kappa shape index (κ1) is 23.6. The number of rotatable bonds is 8. The van der Waals surface area contributed by atoms with Crippen molar-refractivity contribution < 1.29 is 35.2 Å². The summed E-state index contributed by atoms with van der Waals surface area (Å²) in [5.41, 5.74) is -1.42. The summed E-state index contributed by atoms with van der Waals surface area (Å²) in [6, 6.07) is 10.1. The van der Waals surface area contributed by atoms with Gasteiger partial charge in [0, 0.05) is 20.8 Å². The van der Waals surface area contributed by atoms with E-state index in [9.17, 15) is 26.2 Å². The molecule has 11 heteroatoms. The van der Waals surface area contributed by atoms with E-state index in [2.05, 4.69) is 4.72 Å². The molecule has 1 unspecified atom stereocenters. The van der Waals surface area contributed by atoms with Crippen molar-refractivity contribution in [2.75, 3.05) is 20.8 Å². The number of sulfonamides is 1. The van der Waals surface area contributed by atoms with Crippen LogP contribution in [-0.2, 0) is 29.8 Å². The van der Waals surface area contributed by atoms with Crippen LogP contribution in [0.2, 0.25) is 0 Å². The number of hydrogen-bond donors (Lipinski definition) is 1. The van der Waals surface area contributed by atoms with Gasteiger partial charge >= 0.3 is 13.8 Å². The van der Waals surface area contributed by atoms with Gasteiger partial charge in [-0.2, -0.15) is 13.2 Å². The third kappa shape index (κ3) is 5.67. The average Bonchev–Trinajstić information content (AvgIpc) is 2.67. The van der Waals surface area contributed by atoms with E-state index >= 15 is 0 Å². The maximum Gasteiger partial charge on any atom is 0.416 e. The maximum absolute atomic E-state index is 13.1. The highest BCUT2D eigenvalue weighted by atomic mass is 32.2. The number of hydrogen-bond acceptors (Lipinski definition) is 5. The third-order valence-electron chi connectivity index (χ3n) is 4.29. The largest absolute Gasteiger partial charge is 0.416 e. The lowest BCUT2D eigenvalue weighted by atomic mass is 10.1. The molecule has 2 aromatic rings. The minimum atomic E-state index is -4.62. The first-order valence-electron chi connectivity index (χ1n) is 8.37. The van der Waals surface area contributed by atoms with E-state index in [0.717, 1.165) is 38.0 Å². The third-order valence-corrected chi connectivity index (χ3v) is 7.99. The van der Waals surface area contributed by atoms with E-state index in [4.69, 9.17) is 9.05 Å². The highest BCUT2D eigenvalue weighted by Crippen LogP contribution is 2.59. The lowest BCUT2D eigenvalue weighted by Gasteiger charge is -2.25. The first-order chi connectivity index (χ1) is 13.4. The van der Waals surface area contributed by atoms with Crippen molar-refractivity contribution in [3.05, 3.63) is 65.2 Å². The summed E-state index contributed by atoms with van der Waals surface area (Å²) in [5.74, 6) is 0. The van der Waals surface area contributed by atoms with Crippen molar-refractivity contribution in [3.63, 3.8) is 0 Å². The fraction of sp³-hybridized carbons (Fsp3) is 0.333. The van der Waals surface area contributed by atoms with E-state index in [1.165, 1.54) is 18.2 Å². The Morgan fingerprint density at radius 2 is 1.66 bits per heavy atom. The maximum atomic E-state index is 13.1. The molecule has 0 saturated carbocycles. The Morgan fingerprint density at radius 1 is 1.07 bits per heavy atom. The van der Waals surface area contributed by atoms with E-state index in [0.29, 0.717) is 0 Å². The highest BCUT2D eigenvalue weighted by molar-refractivity contribution is 7.89. The number of benzene rings is 2. The molecule has 0 fully saturated rings. The quantitative estimate of drug-likeness (QED) is 0.597. The van der Waals surface area contributed by atoms with Gasteiger partial charge in [-0.15, -0.1) is 0 Å². The van der Waals surface area contributed by atoms with Gasteiger partial charge in [0.2, 0.25) is 10.0 Å². The van der Waals surface area contributed by atoms with E-state index < -0.39 is 41.6 Å². The van der Waals surface area contributed by atoms with Gasteiger partial charge in [-0.3, -0.25) is 4.57 Å². The van der Waals surface area contributed by atoms with Crippen LogP contribution in [0.4, 0.5) is 13.2 Å². The van der Waals surface area contributed by atoms with Crippen molar-refractivity contribution in [2.45, 2.75) is 23.7 Å². The SMILES string of the molecule is COP(=O)(OC)C(CNS(=O)(=O)c1ccc(C)cc1)c1cccc(C(F)(F)F)c1. The Hall–Kier alpha value is -1.71. The number of aryl methyl sites for hydroxylation is 1. The van der Waals surface area contributed by atoms with Gasteiger partial charge in [0.15, 0.2) is 0 Å². The highest BCUT2D eigenvalue weighted by Gasteiger charge is 2.38. The predicted octanol–water partition coefficient (Wildman–Crippen LogP) is 4.52. The van der Waals surface area contributed by atoms with Gasteiger partial charge in [0.1, 0.15) is 0 Å². The number of alkyl halides is 3. The standard InChI is InChI=1S/C18H21F3NO5PS/c1-13-7-9-16(10-8-13)29(24,25)22-12-17(28(23,26-2)27-3)14-5-4-6-15(11-14)18(19,20)21/h4-11,17,22H,12H2,1-3H3. The summed E-state index contributed by atoms with van der Waals surface area (Å²) in [6.07, 6.45) is -4.62. The molecule has 6 nitrogen and oxygen atoms in total. The molecule has 0 saturated heterocycles. The molecule has 29 heavy (non-hydrogen) atoms. The Labute approximate surface area is 167 Å². The Kier molecular flexibility index (Phi) is 7.29. The zero-order valence-electron chi connectivity index (χ0n) is 15.9. The number of nitrogens with one attached hydrogen (secondary N) is 1. The van der Waals surface area contributed by atoms with Crippen LogP contribution in [-0.4, -0.2) is 29.2 Å². The minimum absolute atomic E-state index is 0.0292. The van der Waals surface area contributed by atoms with E-state index in [-0.39, 0.29) is 10.5 Å². The summed E-state index contributed by atoms with van der Waals surface area (Å²) in [7, 11) is -5.80. The molecule has 0 heterocycles. The first-order valence-corrected chi connectivity index (χ1v) is 11.5. The Balaban J connectivity index is 2.40. The summed E-state index contributed by atoms with van der Waals surface area (Å²) in [6.45, 7) is 1.30. The fourth-order valence-corrected chi connectivity index (χ4v) is 5.32. The van der Waals surface area contributed by atoms with Gasteiger partial charge in [-0.05, 0) is 30.7 Å². The second-order valence-electron chi connectivity index (χ2n) is 6.21. The molecule has 0 aromatic heterocycles. The van der Waals surface area contributed by atoms with Crippen molar-refractivity contribution in [3.8, 4) is 0 Å². The van der Waals surface area contributed by atoms with Crippen LogP contribution in [0.3, 0.4) is 0 Å². The smallest absolute Gasteiger partial charge is 0.311 e. The molecule has 0 aliphatic carbocycles. The molecule has 2 aromatic carbocycles. The molecular formula is C18H21F3NO5PS. The van der Waals surface area contributed by atoms with Crippen LogP contribution >= 0.6 is 7.60 Å². The van der Waals surface area contributed by atoms with Gasteiger partial charge in [0.25, 0.3) is 0 Å². The molecule has 0 radical (unpaired) electrons. The zero-order chi connectivity index (χ0) is 21.9. The molecule has 1 N–H and O–H groups in total. The van der Waals surface area contributed by atoms with E-state index in [1.807, 2.05) is 0 Å². The number of halogens is 3. The Morgan fingerprint density at radius 3 is 2.17 bits per heavy atom. The molecule has 0 spiro atoms. The van der Waals surface area contributed by atoms with Gasteiger partial charge < -0.3 is 9.05 Å². The van der Waals surface area contributed by atoms with Crippen LogP contribution in [0.15, 0.2) is 53.4 Å². The summed E-state index contributed by atoms with van der Waals surface area (Å²) in [4.78, 5) is -0.0319. The van der Waals surface area contributed by atoms with Crippen LogP contribution in [0.25, 0.3) is 0 Å². The van der Waals surface area contributed by atoms with Crippen molar-refractivity contribution >= 4 is 17.6 Å². The topological polar surface area (TPSA) is 81.7 Å². The molecule has 0 amide bonds. The Bertz CT molecular complexity index is 985. The lowest BCUT2D eigenvalue weighted by molar-refractivity contribution is -0.137. The van der Waals surface area contributed by atoms with Crippen LogP contribution in [0, 0.1) is 6.92 Å². The normalized spacial score (nSPS) is 14.0. The van der Waals surface area contributed by atoms with Gasteiger partial charge in [-0.1, -0.05) is 35.9 Å². The van der Waals surface area contributed by atoms with Gasteiger partial charge in [0.05, 0.1) is 16.1 Å². The second kappa shape index (κ2) is 8.97. The molecule has 160 valence electrons. The molecule has 2 rings (SSSR count). The average molecular weight is 451 g/mol.